The van der Waals surface area contributed by atoms with Gasteiger partial charge < -0.3 is 5.73 Å². The van der Waals surface area contributed by atoms with Crippen LogP contribution in [0.5, 0.6) is 0 Å². The number of carbonyl (C=O) groups is 1. The first-order valence-electron chi connectivity index (χ1n) is 5.90. The van der Waals surface area contributed by atoms with Gasteiger partial charge in [-0.25, -0.2) is 9.97 Å². The smallest absolute Gasteiger partial charge is 0.252 e. The van der Waals surface area contributed by atoms with Gasteiger partial charge in [0.05, 0.1) is 11.3 Å². The molecule has 4 nitrogen and oxygen atoms in total. The molecule has 1 heterocycles. The van der Waals surface area contributed by atoms with Crippen molar-refractivity contribution in [1.82, 2.24) is 9.97 Å². The molecule has 3 rings (SSSR count). The zero-order valence-electron chi connectivity index (χ0n) is 9.84. The van der Waals surface area contributed by atoms with Crippen molar-refractivity contribution in [2.24, 2.45) is 5.73 Å². The maximum atomic E-state index is 11.5. The van der Waals surface area contributed by atoms with Gasteiger partial charge in [0.25, 0.3) is 5.91 Å². The number of aromatic nitrogens is 2. The standard InChI is InChI=1S/C14H13N3O/c15-13(18)11-8-16-9-17-12(11)14(6-7-14)10-4-2-1-3-5-10/h1-5,8-9H,6-7H2,(H2,15,18). The van der Waals surface area contributed by atoms with Gasteiger partial charge in [-0.15, -0.1) is 0 Å². The van der Waals surface area contributed by atoms with Crippen LogP contribution in [0.1, 0.15) is 34.5 Å². The monoisotopic (exact) mass is 239 g/mol. The highest BCUT2D eigenvalue weighted by Crippen LogP contribution is 2.53. The zero-order valence-corrected chi connectivity index (χ0v) is 9.84. The van der Waals surface area contributed by atoms with Crippen molar-refractivity contribution in [3.63, 3.8) is 0 Å². The number of primary amides is 1. The van der Waals surface area contributed by atoms with Gasteiger partial charge in [-0.2, -0.15) is 0 Å². The molecule has 1 aromatic carbocycles. The molecule has 2 N–H and O–H groups in total. The third kappa shape index (κ3) is 1.57. The summed E-state index contributed by atoms with van der Waals surface area (Å²) >= 11 is 0. The lowest BCUT2D eigenvalue weighted by atomic mass is 9.89. The van der Waals surface area contributed by atoms with Gasteiger partial charge in [-0.1, -0.05) is 30.3 Å². The highest BCUT2D eigenvalue weighted by Gasteiger charge is 2.48. The summed E-state index contributed by atoms with van der Waals surface area (Å²) in [7, 11) is 0. The Hall–Kier alpha value is -2.23. The van der Waals surface area contributed by atoms with Crippen molar-refractivity contribution < 1.29 is 4.79 Å². The van der Waals surface area contributed by atoms with Crippen molar-refractivity contribution in [2.75, 3.05) is 0 Å². The average molecular weight is 239 g/mol. The second-order valence-corrected chi connectivity index (χ2v) is 4.60. The number of rotatable bonds is 3. The van der Waals surface area contributed by atoms with E-state index in [1.54, 1.807) is 0 Å². The Morgan fingerprint density at radius 2 is 1.94 bits per heavy atom. The van der Waals surface area contributed by atoms with Crippen molar-refractivity contribution in [2.45, 2.75) is 18.3 Å². The fourth-order valence-electron chi connectivity index (χ4n) is 2.44. The van der Waals surface area contributed by atoms with Gasteiger partial charge in [0, 0.05) is 11.6 Å². The van der Waals surface area contributed by atoms with Crippen molar-refractivity contribution in [3.8, 4) is 0 Å². The van der Waals surface area contributed by atoms with Gasteiger partial charge in [0.15, 0.2) is 0 Å². The molecule has 0 spiro atoms. The third-order valence-electron chi connectivity index (χ3n) is 3.51. The number of amides is 1. The number of benzene rings is 1. The molecule has 1 aliphatic carbocycles. The molecule has 2 aromatic rings. The van der Waals surface area contributed by atoms with Crippen molar-refractivity contribution in [1.29, 1.82) is 0 Å². The summed E-state index contributed by atoms with van der Waals surface area (Å²) in [5, 5.41) is 0. The zero-order chi connectivity index (χ0) is 12.6. The maximum absolute atomic E-state index is 11.5. The van der Waals surface area contributed by atoms with E-state index in [1.165, 1.54) is 18.1 Å². The number of hydrogen-bond acceptors (Lipinski definition) is 3. The van der Waals surface area contributed by atoms with E-state index in [0.717, 1.165) is 18.5 Å². The van der Waals surface area contributed by atoms with Crippen LogP contribution in [-0.4, -0.2) is 15.9 Å². The van der Waals surface area contributed by atoms with Crippen LogP contribution in [0, 0.1) is 0 Å². The highest BCUT2D eigenvalue weighted by molar-refractivity contribution is 5.94. The second-order valence-electron chi connectivity index (χ2n) is 4.60. The second kappa shape index (κ2) is 3.91. The van der Waals surface area contributed by atoms with Crippen LogP contribution >= 0.6 is 0 Å². The van der Waals surface area contributed by atoms with E-state index in [2.05, 4.69) is 22.1 Å². The molecule has 0 saturated heterocycles. The van der Waals surface area contributed by atoms with Crippen LogP contribution in [0.4, 0.5) is 0 Å². The Morgan fingerprint density at radius 3 is 2.56 bits per heavy atom. The van der Waals surface area contributed by atoms with Crippen LogP contribution in [-0.2, 0) is 5.41 Å². The van der Waals surface area contributed by atoms with E-state index in [9.17, 15) is 4.79 Å². The van der Waals surface area contributed by atoms with Crippen LogP contribution < -0.4 is 5.73 Å². The Morgan fingerprint density at radius 1 is 1.22 bits per heavy atom. The molecular weight excluding hydrogens is 226 g/mol. The quantitative estimate of drug-likeness (QED) is 0.885. The van der Waals surface area contributed by atoms with Crippen LogP contribution in [0.25, 0.3) is 0 Å². The summed E-state index contributed by atoms with van der Waals surface area (Å²) in [6.45, 7) is 0. The summed E-state index contributed by atoms with van der Waals surface area (Å²) in [4.78, 5) is 19.7. The third-order valence-corrected chi connectivity index (χ3v) is 3.51. The molecule has 0 atom stereocenters. The lowest BCUT2D eigenvalue weighted by molar-refractivity contribution is 0.0998. The van der Waals surface area contributed by atoms with E-state index in [0.29, 0.717) is 5.56 Å². The number of nitrogens with zero attached hydrogens (tertiary/aromatic N) is 2. The van der Waals surface area contributed by atoms with Crippen molar-refractivity contribution >= 4 is 5.91 Å². The first kappa shape index (κ1) is 10.9. The predicted octanol–water partition coefficient (Wildman–Crippen LogP) is 1.66. The van der Waals surface area contributed by atoms with Gasteiger partial charge in [-0.05, 0) is 18.4 Å². The predicted molar refractivity (Wildman–Crippen MR) is 67.0 cm³/mol. The Labute approximate surface area is 105 Å². The molecule has 0 unspecified atom stereocenters. The van der Waals surface area contributed by atoms with Gasteiger partial charge in [0.1, 0.15) is 6.33 Å². The van der Waals surface area contributed by atoms with Crippen LogP contribution in [0.15, 0.2) is 42.9 Å². The lowest BCUT2D eigenvalue weighted by Crippen LogP contribution is -2.21. The molecule has 0 bridgehead atoms. The minimum absolute atomic E-state index is 0.144. The first-order chi connectivity index (χ1) is 8.74. The van der Waals surface area contributed by atoms with Crippen molar-refractivity contribution in [3.05, 3.63) is 59.7 Å². The molecule has 0 radical (unpaired) electrons. The summed E-state index contributed by atoms with van der Waals surface area (Å²) in [5.41, 5.74) is 7.63. The summed E-state index contributed by atoms with van der Waals surface area (Å²) < 4.78 is 0. The lowest BCUT2D eigenvalue weighted by Gasteiger charge is -2.17. The Kier molecular flexibility index (Phi) is 2.37. The molecule has 18 heavy (non-hydrogen) atoms. The SMILES string of the molecule is NC(=O)c1cncnc1C1(c2ccccc2)CC1. The van der Waals surface area contributed by atoms with Crippen LogP contribution in [0.2, 0.25) is 0 Å². The highest BCUT2D eigenvalue weighted by atomic mass is 16.1. The minimum Gasteiger partial charge on any atom is -0.365 e. The molecule has 1 fully saturated rings. The molecule has 1 aromatic heterocycles. The van der Waals surface area contributed by atoms with E-state index >= 15 is 0 Å². The first-order valence-corrected chi connectivity index (χ1v) is 5.90. The van der Waals surface area contributed by atoms with E-state index in [4.69, 9.17) is 5.73 Å². The molecule has 90 valence electrons. The summed E-state index contributed by atoms with van der Waals surface area (Å²) in [6, 6.07) is 10.1. The van der Waals surface area contributed by atoms with E-state index in [-0.39, 0.29) is 5.41 Å². The molecule has 1 amide bonds. The number of nitrogens with two attached hydrogens (primary N) is 1. The van der Waals surface area contributed by atoms with Gasteiger partial charge >= 0.3 is 0 Å². The normalized spacial score (nSPS) is 16.2. The molecule has 1 saturated carbocycles. The largest absolute Gasteiger partial charge is 0.365 e. The molecule has 0 aliphatic heterocycles. The Balaban J connectivity index is 2.14. The fourth-order valence-corrected chi connectivity index (χ4v) is 2.44. The molecule has 1 aliphatic rings. The number of carbonyl (C=O) groups excluding carboxylic acids is 1. The van der Waals surface area contributed by atoms with Gasteiger partial charge in [-0.3, -0.25) is 4.79 Å². The summed E-state index contributed by atoms with van der Waals surface area (Å²) in [5.74, 6) is -0.465. The fraction of sp³-hybridized carbons (Fsp3) is 0.214. The van der Waals surface area contributed by atoms with Crippen LogP contribution in [0.3, 0.4) is 0 Å². The Bertz CT molecular complexity index is 591. The molecule has 4 heteroatoms. The molecular formula is C14H13N3O. The average Bonchev–Trinajstić information content (AvgIpc) is 3.21. The topological polar surface area (TPSA) is 68.9 Å². The maximum Gasteiger partial charge on any atom is 0.252 e. The minimum atomic E-state index is -0.465. The summed E-state index contributed by atoms with van der Waals surface area (Å²) in [6.07, 6.45) is 4.97. The van der Waals surface area contributed by atoms with E-state index in [1.807, 2.05) is 18.2 Å². The van der Waals surface area contributed by atoms with E-state index < -0.39 is 5.91 Å². The van der Waals surface area contributed by atoms with Gasteiger partial charge in [0.2, 0.25) is 0 Å². The number of hydrogen-bond donors (Lipinski definition) is 1.